The molecule has 0 spiro atoms. The SMILES string of the molecule is COc1ccc([C@@H]2C(C(=O)Nc3ccccc3)=C(C)N=c3s/c(=C/c4cc(-c5ccccc5)n(-c5ccc([N+](=O)[O-])cc5)c4-c4ccccc4)c(=O)n32)cc1. The summed E-state index contributed by atoms with van der Waals surface area (Å²) < 4.78 is 9.50. The molecular weight excluding hydrogens is 711 g/mol. The molecule has 5 aromatic carbocycles. The van der Waals surface area contributed by atoms with Crippen LogP contribution in [0.15, 0.2) is 167 Å². The van der Waals surface area contributed by atoms with E-state index in [1.54, 1.807) is 30.7 Å². The number of rotatable bonds is 9. The van der Waals surface area contributed by atoms with Crippen LogP contribution in [0, 0.1) is 10.1 Å². The molecule has 0 saturated heterocycles. The topological polar surface area (TPSA) is 121 Å². The summed E-state index contributed by atoms with van der Waals surface area (Å²) in [7, 11) is 1.59. The Labute approximate surface area is 319 Å². The lowest BCUT2D eigenvalue weighted by atomic mass is 9.95. The van der Waals surface area contributed by atoms with Crippen molar-refractivity contribution in [1.82, 2.24) is 9.13 Å². The van der Waals surface area contributed by atoms with Gasteiger partial charge >= 0.3 is 0 Å². The first kappa shape index (κ1) is 34.9. The van der Waals surface area contributed by atoms with Gasteiger partial charge in [0.25, 0.3) is 17.2 Å². The maximum absolute atomic E-state index is 14.8. The molecular formula is C44H33N5O5S. The molecule has 0 saturated carbocycles. The summed E-state index contributed by atoms with van der Waals surface area (Å²) >= 11 is 1.25. The Balaban J connectivity index is 1.35. The average Bonchev–Trinajstić information content (AvgIpc) is 3.75. The summed E-state index contributed by atoms with van der Waals surface area (Å²) in [6.07, 6.45) is 1.87. The molecule has 1 atom stereocenters. The van der Waals surface area contributed by atoms with Crippen molar-refractivity contribution in [3.8, 4) is 34.0 Å². The number of carbonyl (C=O) groups is 1. The van der Waals surface area contributed by atoms with E-state index in [9.17, 15) is 19.7 Å². The van der Waals surface area contributed by atoms with Gasteiger partial charge < -0.3 is 14.6 Å². The minimum atomic E-state index is -0.772. The van der Waals surface area contributed by atoms with Crippen LogP contribution < -0.4 is 24.9 Å². The zero-order chi connectivity index (χ0) is 38.1. The van der Waals surface area contributed by atoms with E-state index < -0.39 is 11.0 Å². The Morgan fingerprint density at radius 1 is 0.855 bits per heavy atom. The Morgan fingerprint density at radius 2 is 1.47 bits per heavy atom. The van der Waals surface area contributed by atoms with Gasteiger partial charge in [0.2, 0.25) is 0 Å². The van der Waals surface area contributed by atoms with Crippen LogP contribution in [0.1, 0.15) is 24.1 Å². The van der Waals surface area contributed by atoms with E-state index in [-0.39, 0.29) is 17.2 Å². The molecule has 0 radical (unpaired) electrons. The van der Waals surface area contributed by atoms with Gasteiger partial charge in [-0.3, -0.25) is 24.3 Å². The van der Waals surface area contributed by atoms with Crippen LogP contribution in [-0.4, -0.2) is 27.1 Å². The van der Waals surface area contributed by atoms with E-state index in [2.05, 4.69) is 9.88 Å². The maximum atomic E-state index is 14.8. The highest BCUT2D eigenvalue weighted by Gasteiger charge is 2.33. The molecule has 7 aromatic rings. The third-order valence-corrected chi connectivity index (χ3v) is 10.5. The first-order valence-corrected chi connectivity index (χ1v) is 18.3. The molecule has 8 rings (SSSR count). The zero-order valence-corrected chi connectivity index (χ0v) is 30.6. The molecule has 270 valence electrons. The number of methoxy groups -OCH3 is 1. The first-order valence-electron chi connectivity index (χ1n) is 17.4. The second-order valence-electron chi connectivity index (χ2n) is 12.8. The Kier molecular flexibility index (Phi) is 9.36. The van der Waals surface area contributed by atoms with Gasteiger partial charge in [-0.15, -0.1) is 0 Å². The minimum absolute atomic E-state index is 0.0155. The van der Waals surface area contributed by atoms with Crippen molar-refractivity contribution in [2.75, 3.05) is 12.4 Å². The van der Waals surface area contributed by atoms with Crippen LogP contribution in [0.25, 0.3) is 34.3 Å². The average molecular weight is 744 g/mol. The zero-order valence-electron chi connectivity index (χ0n) is 29.7. The number of nitrogens with zero attached hydrogens (tertiary/aromatic N) is 4. The number of nitro groups is 1. The molecule has 1 amide bonds. The summed E-state index contributed by atoms with van der Waals surface area (Å²) in [4.78, 5) is 45.3. The van der Waals surface area contributed by atoms with Gasteiger partial charge in [-0.1, -0.05) is 102 Å². The Morgan fingerprint density at radius 3 is 2.09 bits per heavy atom. The predicted molar refractivity (Wildman–Crippen MR) is 215 cm³/mol. The van der Waals surface area contributed by atoms with Crippen LogP contribution >= 0.6 is 11.3 Å². The molecule has 10 nitrogen and oxygen atoms in total. The largest absolute Gasteiger partial charge is 0.497 e. The van der Waals surface area contributed by atoms with Crippen LogP contribution in [0.4, 0.5) is 11.4 Å². The lowest BCUT2D eigenvalue weighted by Crippen LogP contribution is -2.40. The number of ether oxygens (including phenoxy) is 1. The number of amides is 1. The van der Waals surface area contributed by atoms with E-state index in [1.807, 2.05) is 127 Å². The fourth-order valence-corrected chi connectivity index (χ4v) is 7.96. The van der Waals surface area contributed by atoms with Gasteiger partial charge in [-0.2, -0.15) is 0 Å². The number of nitro benzene ring substituents is 1. The minimum Gasteiger partial charge on any atom is -0.497 e. The first-order chi connectivity index (χ1) is 26.8. The highest BCUT2D eigenvalue weighted by atomic mass is 32.1. The molecule has 1 aliphatic rings. The molecule has 0 unspecified atom stereocenters. The fraction of sp³-hybridized carbons (Fsp3) is 0.0682. The van der Waals surface area contributed by atoms with Crippen molar-refractivity contribution in [3.05, 3.63) is 198 Å². The van der Waals surface area contributed by atoms with Crippen molar-refractivity contribution < 1.29 is 14.5 Å². The number of para-hydroxylation sites is 1. The summed E-state index contributed by atoms with van der Waals surface area (Å²) in [5.41, 5.74) is 6.79. The standard InChI is InChI=1S/C44H33N5O5S/c1-28-39(42(50)46-33-16-10-5-11-17-33)41(31-18-24-36(54-2)25-19-31)48-43(51)38(55-44(48)45-28)27-32-26-37(29-12-6-3-7-13-29)47(40(32)30-14-8-4-9-15-30)34-20-22-35(23-21-34)49(52)53/h3-27,41H,1-2H3,(H,46,50)/b38-27+/t41-/m1/s1. The number of benzene rings is 5. The van der Waals surface area contributed by atoms with Crippen molar-refractivity contribution in [1.29, 1.82) is 0 Å². The summed E-state index contributed by atoms with van der Waals surface area (Å²) in [6, 6.07) is 43.9. The number of carbonyl (C=O) groups excluding carboxylic acids is 1. The van der Waals surface area contributed by atoms with Crippen LogP contribution in [0.5, 0.6) is 5.75 Å². The van der Waals surface area contributed by atoms with Gasteiger partial charge in [-0.25, -0.2) is 4.99 Å². The normalized spacial score (nSPS) is 13.9. The van der Waals surface area contributed by atoms with Crippen LogP contribution in [-0.2, 0) is 4.79 Å². The van der Waals surface area contributed by atoms with Crippen molar-refractivity contribution in [2.45, 2.75) is 13.0 Å². The molecule has 3 heterocycles. The van der Waals surface area contributed by atoms with E-state index in [1.165, 1.54) is 23.5 Å². The third kappa shape index (κ3) is 6.68. The number of hydrogen-bond acceptors (Lipinski definition) is 7. The van der Waals surface area contributed by atoms with Crippen molar-refractivity contribution in [2.24, 2.45) is 4.99 Å². The number of allylic oxidation sites excluding steroid dienone is 1. The Hall–Kier alpha value is -7.11. The summed E-state index contributed by atoms with van der Waals surface area (Å²) in [5, 5.41) is 14.6. The summed E-state index contributed by atoms with van der Waals surface area (Å²) in [5.74, 6) is 0.286. The summed E-state index contributed by atoms with van der Waals surface area (Å²) in [6.45, 7) is 1.79. The number of thiazole rings is 1. The highest BCUT2D eigenvalue weighted by molar-refractivity contribution is 7.07. The number of anilines is 1. The molecule has 0 bridgehead atoms. The molecule has 1 N–H and O–H groups in total. The number of non-ortho nitro benzene ring substituents is 1. The molecule has 11 heteroatoms. The smallest absolute Gasteiger partial charge is 0.271 e. The molecule has 0 aliphatic carbocycles. The second kappa shape index (κ2) is 14.7. The molecule has 2 aromatic heterocycles. The maximum Gasteiger partial charge on any atom is 0.271 e. The lowest BCUT2D eigenvalue weighted by Gasteiger charge is -2.25. The van der Waals surface area contributed by atoms with Crippen LogP contribution in [0.3, 0.4) is 0 Å². The van der Waals surface area contributed by atoms with Crippen LogP contribution in [0.2, 0.25) is 0 Å². The van der Waals surface area contributed by atoms with Gasteiger partial charge in [0, 0.05) is 29.1 Å². The van der Waals surface area contributed by atoms with Gasteiger partial charge in [-0.05, 0) is 72.2 Å². The molecule has 55 heavy (non-hydrogen) atoms. The van der Waals surface area contributed by atoms with E-state index in [0.717, 1.165) is 33.6 Å². The number of hydrogen-bond donors (Lipinski definition) is 1. The Bertz CT molecular complexity index is 2770. The number of aromatic nitrogens is 2. The third-order valence-electron chi connectivity index (χ3n) is 9.48. The van der Waals surface area contributed by atoms with Gasteiger partial charge in [0.15, 0.2) is 4.80 Å². The fourth-order valence-electron chi connectivity index (χ4n) is 6.92. The number of nitrogens with one attached hydrogen (secondary N) is 1. The number of fused-ring (bicyclic) bond motifs is 1. The van der Waals surface area contributed by atoms with Crippen molar-refractivity contribution >= 4 is 34.7 Å². The molecule has 0 fully saturated rings. The van der Waals surface area contributed by atoms with Crippen molar-refractivity contribution in [3.63, 3.8) is 0 Å². The quantitative estimate of drug-likeness (QED) is 0.119. The van der Waals surface area contributed by atoms with Gasteiger partial charge in [0.05, 0.1) is 45.3 Å². The monoisotopic (exact) mass is 743 g/mol. The lowest BCUT2D eigenvalue weighted by molar-refractivity contribution is -0.384. The van der Waals surface area contributed by atoms with E-state index in [4.69, 9.17) is 9.73 Å². The molecule has 1 aliphatic heterocycles. The van der Waals surface area contributed by atoms with Gasteiger partial charge in [0.1, 0.15) is 5.75 Å². The predicted octanol–water partition coefficient (Wildman–Crippen LogP) is 7.92. The van der Waals surface area contributed by atoms with E-state index >= 15 is 0 Å². The highest BCUT2D eigenvalue weighted by Crippen LogP contribution is 2.37. The second-order valence-corrected chi connectivity index (χ2v) is 13.9. The van der Waals surface area contributed by atoms with E-state index in [0.29, 0.717) is 37.7 Å².